The van der Waals surface area contributed by atoms with Crippen molar-refractivity contribution < 1.29 is 21.6 Å². The fourth-order valence-corrected chi connectivity index (χ4v) is 2.12. The normalized spacial score (nSPS) is 11.3. The summed E-state index contributed by atoms with van der Waals surface area (Å²) >= 11 is 0. The molecule has 2 N–H and O–H groups in total. The number of aromatic nitrogens is 1. The van der Waals surface area contributed by atoms with Gasteiger partial charge in [0.25, 0.3) is 0 Å². The molecule has 2 aromatic rings. The van der Waals surface area contributed by atoms with Crippen LogP contribution in [0.4, 0.5) is 30.4 Å². The second kappa shape index (κ2) is 6.22. The summed E-state index contributed by atoms with van der Waals surface area (Å²) in [5, 5.41) is 2.52. The fraction of sp³-hybridized carbons (Fsp3) is 0.154. The van der Waals surface area contributed by atoms with E-state index in [1.807, 2.05) is 0 Å². The highest BCUT2D eigenvalue weighted by atomic mass is 32.2. The van der Waals surface area contributed by atoms with Crippen molar-refractivity contribution in [3.05, 3.63) is 47.9 Å². The summed E-state index contributed by atoms with van der Waals surface area (Å²) in [6.07, 6.45) is 1.23. The van der Waals surface area contributed by atoms with Gasteiger partial charge in [0, 0.05) is 0 Å². The lowest BCUT2D eigenvalue weighted by atomic mass is 10.2. The molecule has 1 heterocycles. The van der Waals surface area contributed by atoms with E-state index in [-0.39, 0.29) is 22.9 Å². The van der Waals surface area contributed by atoms with Crippen LogP contribution in [0.15, 0.2) is 30.5 Å². The van der Waals surface area contributed by atoms with Crippen molar-refractivity contribution in [2.45, 2.75) is 6.92 Å². The van der Waals surface area contributed by atoms with Gasteiger partial charge in [-0.2, -0.15) is 0 Å². The first-order valence-corrected chi connectivity index (χ1v) is 7.84. The van der Waals surface area contributed by atoms with Crippen LogP contribution < -0.4 is 10.0 Å². The minimum atomic E-state index is -3.45. The molecule has 1 aromatic heterocycles. The van der Waals surface area contributed by atoms with Gasteiger partial charge in [-0.1, -0.05) is 0 Å². The number of nitrogens with zero attached hydrogens (tertiary/aromatic N) is 1. The average Bonchev–Trinajstić information content (AvgIpc) is 2.49. The Bertz CT molecular complexity index is 780. The Morgan fingerprint density at radius 2 is 1.82 bits per heavy atom. The number of hydrogen-bond acceptors (Lipinski definition) is 4. The van der Waals surface area contributed by atoms with Crippen molar-refractivity contribution >= 4 is 27.2 Å². The quantitative estimate of drug-likeness (QED) is 0.826. The van der Waals surface area contributed by atoms with Gasteiger partial charge in [-0.15, -0.1) is 0 Å². The number of anilines is 3. The molecule has 5 nitrogen and oxygen atoms in total. The molecule has 1 aromatic carbocycles. The highest BCUT2D eigenvalue weighted by molar-refractivity contribution is 7.92. The maximum atomic E-state index is 13.5. The van der Waals surface area contributed by atoms with Gasteiger partial charge in [-0.25, -0.2) is 26.6 Å². The van der Waals surface area contributed by atoms with E-state index in [4.69, 9.17) is 0 Å². The molecule has 9 heteroatoms. The van der Waals surface area contributed by atoms with Gasteiger partial charge in [0.05, 0.1) is 23.3 Å². The molecule has 0 aliphatic heterocycles. The minimum Gasteiger partial charge on any atom is -0.352 e. The van der Waals surface area contributed by atoms with Crippen molar-refractivity contribution in [3.8, 4) is 0 Å². The van der Waals surface area contributed by atoms with Crippen LogP contribution in [0.25, 0.3) is 0 Å². The monoisotopic (exact) mass is 331 g/mol. The number of hydrogen-bond donors (Lipinski definition) is 2. The van der Waals surface area contributed by atoms with Crippen LogP contribution in [0.3, 0.4) is 0 Å². The number of rotatable bonds is 5. The Balaban J connectivity index is 2.17. The van der Waals surface area contributed by atoms with Gasteiger partial charge in [0.2, 0.25) is 10.0 Å². The molecule has 0 bridgehead atoms. The summed E-state index contributed by atoms with van der Waals surface area (Å²) in [7, 11) is -3.45. The third kappa shape index (κ3) is 3.67. The third-order valence-electron chi connectivity index (χ3n) is 2.72. The zero-order valence-electron chi connectivity index (χ0n) is 11.4. The van der Waals surface area contributed by atoms with Gasteiger partial charge < -0.3 is 5.32 Å². The molecular weight excluding hydrogens is 319 g/mol. The Morgan fingerprint density at radius 3 is 2.41 bits per heavy atom. The molecule has 0 fully saturated rings. The Morgan fingerprint density at radius 1 is 1.09 bits per heavy atom. The van der Waals surface area contributed by atoms with Crippen molar-refractivity contribution in [3.63, 3.8) is 0 Å². The summed E-state index contributed by atoms with van der Waals surface area (Å²) in [6, 6.07) is 4.61. The summed E-state index contributed by atoms with van der Waals surface area (Å²) in [6.45, 7) is 1.48. The minimum absolute atomic E-state index is 0.0955. The molecule has 0 radical (unpaired) electrons. The van der Waals surface area contributed by atoms with E-state index < -0.39 is 27.5 Å². The molecule has 0 aliphatic carbocycles. The molecule has 22 heavy (non-hydrogen) atoms. The summed E-state index contributed by atoms with van der Waals surface area (Å²) in [4.78, 5) is 3.83. The summed E-state index contributed by atoms with van der Waals surface area (Å²) in [5.41, 5.74) is 0.0203. The largest absolute Gasteiger partial charge is 0.352 e. The fourth-order valence-electron chi connectivity index (χ4n) is 1.54. The molecule has 2 rings (SSSR count). The molecule has 0 amide bonds. The molecule has 0 spiro atoms. The molecule has 118 valence electrons. The first-order valence-electron chi connectivity index (χ1n) is 6.19. The number of pyridine rings is 1. The highest BCUT2D eigenvalue weighted by Crippen LogP contribution is 2.23. The van der Waals surface area contributed by atoms with Gasteiger partial charge in [-0.05, 0) is 31.2 Å². The predicted octanol–water partition coefficient (Wildman–Crippen LogP) is 3.00. The van der Waals surface area contributed by atoms with E-state index in [0.717, 1.165) is 12.1 Å². The third-order valence-corrected chi connectivity index (χ3v) is 4.00. The van der Waals surface area contributed by atoms with Crippen LogP contribution in [0.1, 0.15) is 6.92 Å². The van der Waals surface area contributed by atoms with Gasteiger partial charge in [-0.3, -0.25) is 4.72 Å². The van der Waals surface area contributed by atoms with Gasteiger partial charge in [0.1, 0.15) is 5.82 Å². The van der Waals surface area contributed by atoms with Crippen molar-refractivity contribution in [1.82, 2.24) is 4.98 Å². The van der Waals surface area contributed by atoms with Gasteiger partial charge in [0.15, 0.2) is 17.5 Å². The van der Waals surface area contributed by atoms with E-state index in [1.165, 1.54) is 25.3 Å². The second-order valence-electron chi connectivity index (χ2n) is 4.29. The second-order valence-corrected chi connectivity index (χ2v) is 6.30. The number of nitrogens with one attached hydrogen (secondary N) is 2. The van der Waals surface area contributed by atoms with E-state index in [0.29, 0.717) is 0 Å². The highest BCUT2D eigenvalue weighted by Gasteiger charge is 2.13. The Labute approximate surface area is 125 Å². The molecule has 0 saturated heterocycles. The number of halogens is 3. The van der Waals surface area contributed by atoms with Crippen LogP contribution in [0.5, 0.6) is 0 Å². The zero-order valence-corrected chi connectivity index (χ0v) is 12.2. The topological polar surface area (TPSA) is 71.1 Å². The molecule has 0 saturated carbocycles. The molecule has 0 atom stereocenters. The lowest BCUT2D eigenvalue weighted by molar-refractivity contribution is 0.449. The Hall–Kier alpha value is -2.29. The standard InChI is InChI=1S/C13H12F3N3O2S/c1-2-22(20,21)19-11-6-3-8(7-17-11)18-10-5-4-9(14)12(15)13(10)16/h3-7,18H,2H2,1H3,(H,17,19). The SMILES string of the molecule is CCS(=O)(=O)Nc1ccc(Nc2ccc(F)c(F)c2F)cn1. The van der Waals surface area contributed by atoms with E-state index in [2.05, 4.69) is 15.0 Å². The maximum absolute atomic E-state index is 13.5. The zero-order chi connectivity index (χ0) is 16.3. The summed E-state index contributed by atoms with van der Waals surface area (Å²) in [5.74, 6) is -4.22. The molecule has 0 unspecified atom stereocenters. The first-order chi connectivity index (χ1) is 10.3. The van der Waals surface area contributed by atoms with Crippen LogP contribution in [0.2, 0.25) is 0 Å². The van der Waals surface area contributed by atoms with E-state index in [1.54, 1.807) is 0 Å². The van der Waals surface area contributed by atoms with Crippen molar-refractivity contribution in [1.29, 1.82) is 0 Å². The van der Waals surface area contributed by atoms with Crippen LogP contribution in [0, 0.1) is 17.5 Å². The number of benzene rings is 1. The number of sulfonamides is 1. The molecular formula is C13H12F3N3O2S. The maximum Gasteiger partial charge on any atom is 0.233 e. The smallest absolute Gasteiger partial charge is 0.233 e. The predicted molar refractivity (Wildman–Crippen MR) is 76.9 cm³/mol. The van der Waals surface area contributed by atoms with Gasteiger partial charge >= 0.3 is 0 Å². The lowest BCUT2D eigenvalue weighted by Gasteiger charge is -2.09. The lowest BCUT2D eigenvalue weighted by Crippen LogP contribution is -2.15. The van der Waals surface area contributed by atoms with Crippen LogP contribution in [-0.4, -0.2) is 19.2 Å². The van der Waals surface area contributed by atoms with Crippen molar-refractivity contribution in [2.75, 3.05) is 15.8 Å². The summed E-state index contributed by atoms with van der Waals surface area (Å²) < 4.78 is 64.4. The Kier molecular flexibility index (Phi) is 4.55. The van der Waals surface area contributed by atoms with Crippen molar-refractivity contribution in [2.24, 2.45) is 0 Å². The molecule has 0 aliphatic rings. The van der Waals surface area contributed by atoms with E-state index >= 15 is 0 Å². The van der Waals surface area contributed by atoms with Crippen LogP contribution >= 0.6 is 0 Å². The van der Waals surface area contributed by atoms with E-state index in [9.17, 15) is 21.6 Å². The average molecular weight is 331 g/mol. The van der Waals surface area contributed by atoms with Crippen LogP contribution in [-0.2, 0) is 10.0 Å². The first kappa shape index (κ1) is 16.1.